The van der Waals surface area contributed by atoms with Gasteiger partial charge in [0.1, 0.15) is 0 Å². The van der Waals surface area contributed by atoms with Crippen molar-refractivity contribution in [2.24, 2.45) is 0 Å². The highest BCUT2D eigenvalue weighted by Crippen LogP contribution is 2.24. The number of amides is 2. The number of hydrogen-bond donors (Lipinski definition) is 1. The van der Waals surface area contributed by atoms with Gasteiger partial charge in [0.05, 0.1) is 23.9 Å². The van der Waals surface area contributed by atoms with Crippen LogP contribution in [0, 0.1) is 0 Å². The first-order valence-corrected chi connectivity index (χ1v) is 11.8. The van der Waals surface area contributed by atoms with Gasteiger partial charge in [-0.3, -0.25) is 9.59 Å². The SMILES string of the molecule is C[C@@H](NC(=O)Cc1cccc(N(Cc2ccccc2)C(=O)c2cccs2)c1)c1ccccc1. The molecule has 166 valence electrons. The molecule has 1 atom stereocenters. The van der Waals surface area contributed by atoms with E-state index in [-0.39, 0.29) is 24.3 Å². The quantitative estimate of drug-likeness (QED) is 0.354. The highest BCUT2D eigenvalue weighted by Gasteiger charge is 2.20. The molecule has 0 saturated heterocycles. The molecule has 2 amide bonds. The lowest BCUT2D eigenvalue weighted by Crippen LogP contribution is -2.30. The van der Waals surface area contributed by atoms with E-state index >= 15 is 0 Å². The topological polar surface area (TPSA) is 49.4 Å². The monoisotopic (exact) mass is 454 g/mol. The molecule has 0 aliphatic carbocycles. The molecule has 0 bridgehead atoms. The second-order valence-corrected chi connectivity index (χ2v) is 8.85. The van der Waals surface area contributed by atoms with Gasteiger partial charge in [0.2, 0.25) is 5.91 Å². The van der Waals surface area contributed by atoms with Crippen LogP contribution in [-0.2, 0) is 17.8 Å². The van der Waals surface area contributed by atoms with Crippen molar-refractivity contribution in [1.29, 1.82) is 0 Å². The fourth-order valence-electron chi connectivity index (χ4n) is 3.72. The normalized spacial score (nSPS) is 11.5. The molecule has 0 saturated carbocycles. The lowest BCUT2D eigenvalue weighted by Gasteiger charge is -2.23. The number of carbonyl (C=O) groups excluding carboxylic acids is 2. The minimum Gasteiger partial charge on any atom is -0.349 e. The predicted octanol–water partition coefficient (Wildman–Crippen LogP) is 6.02. The van der Waals surface area contributed by atoms with Gasteiger partial charge < -0.3 is 10.2 Å². The summed E-state index contributed by atoms with van der Waals surface area (Å²) in [5.74, 6) is -0.101. The van der Waals surface area contributed by atoms with Crippen molar-refractivity contribution in [2.75, 3.05) is 4.90 Å². The molecule has 1 aromatic heterocycles. The molecule has 4 rings (SSSR count). The van der Waals surface area contributed by atoms with E-state index in [1.54, 1.807) is 4.90 Å². The lowest BCUT2D eigenvalue weighted by molar-refractivity contribution is -0.121. The Hall–Kier alpha value is -3.70. The van der Waals surface area contributed by atoms with Gasteiger partial charge in [0.15, 0.2) is 0 Å². The summed E-state index contributed by atoms with van der Waals surface area (Å²) in [5, 5.41) is 4.97. The summed E-state index contributed by atoms with van der Waals surface area (Å²) in [5.41, 5.74) is 3.75. The number of anilines is 1. The number of nitrogens with one attached hydrogen (secondary N) is 1. The Morgan fingerprint density at radius 2 is 1.55 bits per heavy atom. The van der Waals surface area contributed by atoms with E-state index in [2.05, 4.69) is 5.32 Å². The van der Waals surface area contributed by atoms with Crippen molar-refractivity contribution in [3.05, 3.63) is 124 Å². The Labute approximate surface area is 198 Å². The third kappa shape index (κ3) is 5.96. The average molecular weight is 455 g/mol. The minimum absolute atomic E-state index is 0.0480. The largest absolute Gasteiger partial charge is 0.349 e. The molecule has 1 N–H and O–H groups in total. The van der Waals surface area contributed by atoms with Gasteiger partial charge in [-0.2, -0.15) is 0 Å². The van der Waals surface area contributed by atoms with E-state index in [9.17, 15) is 9.59 Å². The molecule has 0 fully saturated rings. The summed E-state index contributed by atoms with van der Waals surface area (Å²) in [7, 11) is 0. The summed E-state index contributed by atoms with van der Waals surface area (Å²) >= 11 is 1.43. The fraction of sp³-hybridized carbons (Fsp3) is 0.143. The molecule has 0 unspecified atom stereocenters. The summed E-state index contributed by atoms with van der Waals surface area (Å²) in [6.07, 6.45) is 0.247. The molecule has 0 aliphatic heterocycles. The van der Waals surface area contributed by atoms with Crippen LogP contribution in [0.25, 0.3) is 0 Å². The summed E-state index contributed by atoms with van der Waals surface area (Å²) in [6, 6.07) is 31.1. The first kappa shape index (κ1) is 22.5. The number of carbonyl (C=O) groups is 2. The molecule has 4 aromatic rings. The summed E-state index contributed by atoms with van der Waals surface area (Å²) in [6.45, 7) is 2.43. The molecule has 3 aromatic carbocycles. The molecular formula is C28H26N2O2S. The van der Waals surface area contributed by atoms with Crippen molar-refractivity contribution in [2.45, 2.75) is 25.9 Å². The maximum Gasteiger partial charge on any atom is 0.268 e. The van der Waals surface area contributed by atoms with Gasteiger partial charge in [-0.15, -0.1) is 11.3 Å². The fourth-order valence-corrected chi connectivity index (χ4v) is 4.39. The zero-order valence-corrected chi connectivity index (χ0v) is 19.3. The predicted molar refractivity (Wildman–Crippen MR) is 134 cm³/mol. The molecule has 0 aliphatic rings. The van der Waals surface area contributed by atoms with Crippen molar-refractivity contribution < 1.29 is 9.59 Å². The van der Waals surface area contributed by atoms with Crippen molar-refractivity contribution in [3.63, 3.8) is 0 Å². The number of hydrogen-bond acceptors (Lipinski definition) is 3. The Morgan fingerprint density at radius 1 is 0.848 bits per heavy atom. The van der Waals surface area contributed by atoms with Crippen LogP contribution in [0.2, 0.25) is 0 Å². The van der Waals surface area contributed by atoms with E-state index in [0.29, 0.717) is 11.4 Å². The molecular weight excluding hydrogens is 428 g/mol. The number of nitrogens with zero attached hydrogens (tertiary/aromatic N) is 1. The maximum absolute atomic E-state index is 13.3. The van der Waals surface area contributed by atoms with Crippen LogP contribution in [0.5, 0.6) is 0 Å². The van der Waals surface area contributed by atoms with E-state index in [1.165, 1.54) is 11.3 Å². The van der Waals surface area contributed by atoms with Gasteiger partial charge in [-0.1, -0.05) is 78.9 Å². The van der Waals surface area contributed by atoms with Gasteiger partial charge in [0.25, 0.3) is 5.91 Å². The van der Waals surface area contributed by atoms with Crippen LogP contribution in [0.3, 0.4) is 0 Å². The highest BCUT2D eigenvalue weighted by atomic mass is 32.1. The maximum atomic E-state index is 13.3. The van der Waals surface area contributed by atoms with Crippen molar-refractivity contribution in [1.82, 2.24) is 5.32 Å². The van der Waals surface area contributed by atoms with E-state index in [4.69, 9.17) is 0 Å². The Kier molecular flexibility index (Phi) is 7.33. The molecule has 0 spiro atoms. The third-order valence-corrected chi connectivity index (χ3v) is 6.28. The molecule has 33 heavy (non-hydrogen) atoms. The smallest absolute Gasteiger partial charge is 0.268 e. The molecule has 4 nitrogen and oxygen atoms in total. The Balaban J connectivity index is 1.52. The molecule has 5 heteroatoms. The van der Waals surface area contributed by atoms with Crippen LogP contribution < -0.4 is 10.2 Å². The average Bonchev–Trinajstić information content (AvgIpc) is 3.38. The van der Waals surface area contributed by atoms with E-state index in [1.807, 2.05) is 109 Å². The number of benzene rings is 3. The molecule has 0 radical (unpaired) electrons. The third-order valence-electron chi connectivity index (χ3n) is 5.42. The van der Waals surface area contributed by atoms with Crippen LogP contribution in [-0.4, -0.2) is 11.8 Å². The van der Waals surface area contributed by atoms with E-state index < -0.39 is 0 Å². The number of thiophene rings is 1. The van der Waals surface area contributed by atoms with Crippen LogP contribution in [0.1, 0.15) is 39.3 Å². The van der Waals surface area contributed by atoms with Crippen LogP contribution in [0.15, 0.2) is 102 Å². The zero-order chi connectivity index (χ0) is 23.0. The van der Waals surface area contributed by atoms with Crippen molar-refractivity contribution >= 4 is 28.8 Å². The number of rotatable bonds is 8. The molecule has 1 heterocycles. The van der Waals surface area contributed by atoms with Gasteiger partial charge in [-0.25, -0.2) is 0 Å². The van der Waals surface area contributed by atoms with Gasteiger partial charge >= 0.3 is 0 Å². The van der Waals surface area contributed by atoms with Crippen LogP contribution in [0.4, 0.5) is 5.69 Å². The van der Waals surface area contributed by atoms with Crippen molar-refractivity contribution in [3.8, 4) is 0 Å². The lowest BCUT2D eigenvalue weighted by atomic mass is 10.1. The standard InChI is InChI=1S/C28H26N2O2S/c1-21(24-13-6-3-7-14-24)29-27(31)19-23-12-8-15-25(18-23)30(20-22-10-4-2-5-11-22)28(32)26-16-9-17-33-26/h2-18,21H,19-20H2,1H3,(H,29,31)/t21-/m1/s1. The first-order valence-electron chi connectivity index (χ1n) is 10.9. The summed E-state index contributed by atoms with van der Waals surface area (Å²) in [4.78, 5) is 28.5. The first-order chi connectivity index (χ1) is 16.1. The summed E-state index contributed by atoms with van der Waals surface area (Å²) < 4.78 is 0. The van der Waals surface area contributed by atoms with Gasteiger partial charge in [0, 0.05) is 5.69 Å². The second-order valence-electron chi connectivity index (χ2n) is 7.90. The highest BCUT2D eigenvalue weighted by molar-refractivity contribution is 7.12. The van der Waals surface area contributed by atoms with E-state index in [0.717, 1.165) is 22.4 Å². The Bertz CT molecular complexity index is 1190. The van der Waals surface area contributed by atoms with Crippen LogP contribution >= 0.6 is 11.3 Å². The Morgan fingerprint density at radius 3 is 2.24 bits per heavy atom. The second kappa shape index (κ2) is 10.7. The zero-order valence-electron chi connectivity index (χ0n) is 18.5. The minimum atomic E-state index is -0.0723. The van der Waals surface area contributed by atoms with Gasteiger partial charge in [-0.05, 0) is 47.2 Å².